The van der Waals surface area contributed by atoms with E-state index in [2.05, 4.69) is 48.6 Å². The van der Waals surface area contributed by atoms with Gasteiger partial charge in [0, 0.05) is 34.9 Å². The number of nitrogens with two attached hydrogens (primary N) is 1. The zero-order valence-electron chi connectivity index (χ0n) is 13.7. The minimum atomic E-state index is -0.242. The van der Waals surface area contributed by atoms with E-state index in [4.69, 9.17) is 10.7 Å². The van der Waals surface area contributed by atoms with E-state index in [1.807, 2.05) is 13.8 Å². The average molecular weight is 295 g/mol. The maximum absolute atomic E-state index is 6.13. The Hall–Kier alpha value is -1.87. The fourth-order valence-electron chi connectivity index (χ4n) is 3.08. The standard InChI is InChI=1S/C19H25N3/c1-13-10-11-14-6-4-8-16(18(14)21-13)17-9-5-7-15(22-17)12-19(2,3)20/h4-9,13,21H,10-12,20H2,1-3H3. The normalized spacial score (nSPS) is 17.7. The number of benzene rings is 1. The van der Waals surface area contributed by atoms with Crippen LogP contribution >= 0.6 is 0 Å². The second-order valence-electron chi connectivity index (χ2n) is 7.10. The van der Waals surface area contributed by atoms with Crippen molar-refractivity contribution in [3.05, 3.63) is 47.7 Å². The number of para-hydroxylation sites is 1. The molecule has 2 heterocycles. The number of pyridine rings is 1. The van der Waals surface area contributed by atoms with Gasteiger partial charge in [0.2, 0.25) is 0 Å². The van der Waals surface area contributed by atoms with Crippen LogP contribution in [0.4, 0.5) is 5.69 Å². The Morgan fingerprint density at radius 2 is 2.00 bits per heavy atom. The first-order chi connectivity index (χ1) is 10.4. The summed E-state index contributed by atoms with van der Waals surface area (Å²) in [6.45, 7) is 6.31. The highest BCUT2D eigenvalue weighted by molar-refractivity contribution is 5.79. The molecule has 1 aliphatic heterocycles. The SMILES string of the molecule is CC1CCc2cccc(-c3cccc(CC(C)(C)N)n3)c2N1. The third-order valence-corrected chi connectivity index (χ3v) is 4.11. The van der Waals surface area contributed by atoms with E-state index < -0.39 is 0 Å². The van der Waals surface area contributed by atoms with Crippen LogP contribution in [-0.2, 0) is 12.8 Å². The Labute approximate surface area is 133 Å². The predicted molar refractivity (Wildman–Crippen MR) is 93.0 cm³/mol. The summed E-state index contributed by atoms with van der Waals surface area (Å²) in [5, 5.41) is 3.63. The molecule has 1 unspecified atom stereocenters. The lowest BCUT2D eigenvalue weighted by Crippen LogP contribution is -2.34. The number of aryl methyl sites for hydroxylation is 1. The van der Waals surface area contributed by atoms with Gasteiger partial charge in [0.05, 0.1) is 5.69 Å². The molecule has 0 amide bonds. The van der Waals surface area contributed by atoms with Crippen LogP contribution in [0.25, 0.3) is 11.3 Å². The van der Waals surface area contributed by atoms with E-state index >= 15 is 0 Å². The highest BCUT2D eigenvalue weighted by Crippen LogP contribution is 2.34. The maximum Gasteiger partial charge on any atom is 0.0726 e. The van der Waals surface area contributed by atoms with Gasteiger partial charge in [-0.05, 0) is 51.3 Å². The minimum absolute atomic E-state index is 0.242. The molecule has 0 saturated heterocycles. The van der Waals surface area contributed by atoms with Crippen molar-refractivity contribution in [2.45, 2.75) is 51.6 Å². The fraction of sp³-hybridized carbons (Fsp3) is 0.421. The first-order valence-corrected chi connectivity index (χ1v) is 8.06. The maximum atomic E-state index is 6.13. The third kappa shape index (κ3) is 3.30. The topological polar surface area (TPSA) is 50.9 Å². The summed E-state index contributed by atoms with van der Waals surface area (Å²) in [4.78, 5) is 4.84. The Morgan fingerprint density at radius 1 is 1.23 bits per heavy atom. The lowest BCUT2D eigenvalue weighted by Gasteiger charge is -2.26. The molecule has 22 heavy (non-hydrogen) atoms. The molecule has 1 aliphatic rings. The van der Waals surface area contributed by atoms with Gasteiger partial charge in [-0.25, -0.2) is 0 Å². The zero-order chi connectivity index (χ0) is 15.7. The van der Waals surface area contributed by atoms with Crippen molar-refractivity contribution in [3.63, 3.8) is 0 Å². The third-order valence-electron chi connectivity index (χ3n) is 4.11. The first-order valence-electron chi connectivity index (χ1n) is 8.06. The zero-order valence-corrected chi connectivity index (χ0v) is 13.7. The molecule has 0 radical (unpaired) electrons. The molecule has 2 aromatic rings. The molecule has 116 valence electrons. The van der Waals surface area contributed by atoms with Gasteiger partial charge in [-0.1, -0.05) is 24.3 Å². The summed E-state index contributed by atoms with van der Waals surface area (Å²) in [6, 6.07) is 13.2. The molecule has 3 N–H and O–H groups in total. The van der Waals surface area contributed by atoms with Gasteiger partial charge in [-0.2, -0.15) is 0 Å². The molecule has 0 aliphatic carbocycles. The molecule has 0 bridgehead atoms. The number of anilines is 1. The van der Waals surface area contributed by atoms with Crippen molar-refractivity contribution >= 4 is 5.69 Å². The molecular weight excluding hydrogens is 270 g/mol. The number of hydrogen-bond acceptors (Lipinski definition) is 3. The van der Waals surface area contributed by atoms with Crippen molar-refractivity contribution in [1.82, 2.24) is 4.98 Å². The van der Waals surface area contributed by atoms with Gasteiger partial charge in [-0.3, -0.25) is 4.98 Å². The van der Waals surface area contributed by atoms with Gasteiger partial charge < -0.3 is 11.1 Å². The van der Waals surface area contributed by atoms with Crippen LogP contribution in [-0.4, -0.2) is 16.6 Å². The quantitative estimate of drug-likeness (QED) is 0.906. The van der Waals surface area contributed by atoms with E-state index in [0.29, 0.717) is 6.04 Å². The van der Waals surface area contributed by atoms with Gasteiger partial charge in [0.25, 0.3) is 0 Å². The van der Waals surface area contributed by atoms with E-state index in [-0.39, 0.29) is 5.54 Å². The van der Waals surface area contributed by atoms with Crippen LogP contribution in [0.1, 0.15) is 38.4 Å². The van der Waals surface area contributed by atoms with Gasteiger partial charge in [0.1, 0.15) is 0 Å². The molecule has 0 fully saturated rings. The van der Waals surface area contributed by atoms with Crippen molar-refractivity contribution < 1.29 is 0 Å². The van der Waals surface area contributed by atoms with Crippen molar-refractivity contribution in [2.75, 3.05) is 5.32 Å². The molecule has 3 nitrogen and oxygen atoms in total. The van der Waals surface area contributed by atoms with Crippen LogP contribution in [0.15, 0.2) is 36.4 Å². The lowest BCUT2D eigenvalue weighted by molar-refractivity contribution is 0.510. The molecule has 1 aromatic heterocycles. The smallest absolute Gasteiger partial charge is 0.0726 e. The number of rotatable bonds is 3. The molecular formula is C19H25N3. The summed E-state index contributed by atoms with van der Waals surface area (Å²) in [6.07, 6.45) is 3.10. The summed E-state index contributed by atoms with van der Waals surface area (Å²) < 4.78 is 0. The average Bonchev–Trinajstić information content (AvgIpc) is 2.45. The Morgan fingerprint density at radius 3 is 2.77 bits per heavy atom. The lowest BCUT2D eigenvalue weighted by atomic mass is 9.94. The Kier molecular flexibility index (Phi) is 3.92. The summed E-state index contributed by atoms with van der Waals surface area (Å²) in [5.41, 5.74) is 11.8. The summed E-state index contributed by atoms with van der Waals surface area (Å²) in [7, 11) is 0. The van der Waals surface area contributed by atoms with E-state index in [1.165, 1.54) is 23.2 Å². The molecule has 1 atom stereocenters. The monoisotopic (exact) mass is 295 g/mol. The second-order valence-corrected chi connectivity index (χ2v) is 7.10. The molecule has 3 heteroatoms. The molecule has 1 aromatic carbocycles. The van der Waals surface area contributed by atoms with Crippen LogP contribution in [0.3, 0.4) is 0 Å². The Bertz CT molecular complexity index is 671. The van der Waals surface area contributed by atoms with E-state index in [1.54, 1.807) is 0 Å². The predicted octanol–water partition coefficient (Wildman–Crippen LogP) is 3.78. The van der Waals surface area contributed by atoms with Crippen LogP contribution in [0.2, 0.25) is 0 Å². The van der Waals surface area contributed by atoms with Crippen LogP contribution in [0.5, 0.6) is 0 Å². The van der Waals surface area contributed by atoms with Crippen LogP contribution in [0, 0.1) is 0 Å². The number of aromatic nitrogens is 1. The van der Waals surface area contributed by atoms with Gasteiger partial charge in [0.15, 0.2) is 0 Å². The Balaban J connectivity index is 2.00. The van der Waals surface area contributed by atoms with Gasteiger partial charge in [-0.15, -0.1) is 0 Å². The second kappa shape index (κ2) is 5.73. The van der Waals surface area contributed by atoms with E-state index in [9.17, 15) is 0 Å². The van der Waals surface area contributed by atoms with Crippen molar-refractivity contribution in [1.29, 1.82) is 0 Å². The molecule has 3 rings (SSSR count). The van der Waals surface area contributed by atoms with Crippen molar-refractivity contribution in [3.8, 4) is 11.3 Å². The fourth-order valence-corrected chi connectivity index (χ4v) is 3.08. The van der Waals surface area contributed by atoms with Crippen LogP contribution < -0.4 is 11.1 Å². The van der Waals surface area contributed by atoms with Gasteiger partial charge >= 0.3 is 0 Å². The summed E-state index contributed by atoms with van der Waals surface area (Å²) >= 11 is 0. The number of hydrogen-bond donors (Lipinski definition) is 2. The number of nitrogens with zero attached hydrogens (tertiary/aromatic N) is 1. The number of nitrogens with one attached hydrogen (secondary N) is 1. The first kappa shape index (κ1) is 15.0. The summed E-state index contributed by atoms with van der Waals surface area (Å²) in [5.74, 6) is 0. The minimum Gasteiger partial charge on any atom is -0.382 e. The molecule has 0 saturated carbocycles. The molecule has 0 spiro atoms. The van der Waals surface area contributed by atoms with Crippen molar-refractivity contribution in [2.24, 2.45) is 5.73 Å². The highest BCUT2D eigenvalue weighted by atomic mass is 14.9. The highest BCUT2D eigenvalue weighted by Gasteiger charge is 2.19. The van der Waals surface area contributed by atoms with E-state index in [0.717, 1.165) is 24.2 Å². The largest absolute Gasteiger partial charge is 0.382 e. The number of fused-ring (bicyclic) bond motifs is 1.